The molecule has 4 rings (SSSR count). The summed E-state index contributed by atoms with van der Waals surface area (Å²) in [6.07, 6.45) is 0. The summed E-state index contributed by atoms with van der Waals surface area (Å²) in [5, 5.41) is 0.610. The SMILES string of the molecule is CC(=O)Oc1ccc2c(c1)c1c(n2C)C(=O)c2ccccc2C1=O. The molecule has 0 saturated carbocycles. The van der Waals surface area contributed by atoms with Crippen molar-refractivity contribution in [1.82, 2.24) is 4.57 Å². The third-order valence-corrected chi connectivity index (χ3v) is 4.29. The van der Waals surface area contributed by atoms with E-state index in [1.807, 2.05) is 0 Å². The fourth-order valence-electron chi connectivity index (χ4n) is 3.29. The van der Waals surface area contributed by atoms with Gasteiger partial charge in [-0.3, -0.25) is 14.4 Å². The molecule has 5 nitrogen and oxygen atoms in total. The first-order chi connectivity index (χ1) is 11.5. The predicted octanol–water partition coefficient (Wildman–Crippen LogP) is 2.88. The molecule has 1 aliphatic carbocycles. The zero-order valence-corrected chi connectivity index (χ0v) is 13.1. The maximum absolute atomic E-state index is 12.9. The van der Waals surface area contributed by atoms with Crippen LogP contribution in [0.4, 0.5) is 0 Å². The minimum atomic E-state index is -0.438. The second-order valence-corrected chi connectivity index (χ2v) is 5.76. The van der Waals surface area contributed by atoms with Gasteiger partial charge in [0.2, 0.25) is 5.78 Å². The summed E-state index contributed by atoms with van der Waals surface area (Å²) in [5.74, 6) is -0.451. The molecule has 5 heteroatoms. The van der Waals surface area contributed by atoms with E-state index in [2.05, 4.69) is 0 Å². The van der Waals surface area contributed by atoms with Gasteiger partial charge in [0.15, 0.2) is 5.78 Å². The number of carbonyl (C=O) groups is 3. The molecule has 1 aliphatic rings. The molecule has 1 heterocycles. The van der Waals surface area contributed by atoms with E-state index in [1.165, 1.54) is 6.92 Å². The van der Waals surface area contributed by atoms with Crippen molar-refractivity contribution in [3.63, 3.8) is 0 Å². The van der Waals surface area contributed by atoms with Gasteiger partial charge in [-0.05, 0) is 18.2 Å². The lowest BCUT2D eigenvalue weighted by Crippen LogP contribution is -2.22. The van der Waals surface area contributed by atoms with Gasteiger partial charge in [-0.1, -0.05) is 24.3 Å². The van der Waals surface area contributed by atoms with Crippen LogP contribution >= 0.6 is 0 Å². The summed E-state index contributed by atoms with van der Waals surface area (Å²) < 4.78 is 6.83. The van der Waals surface area contributed by atoms with E-state index in [0.29, 0.717) is 33.5 Å². The van der Waals surface area contributed by atoms with Crippen molar-refractivity contribution in [1.29, 1.82) is 0 Å². The van der Waals surface area contributed by atoms with Crippen LogP contribution in [0.5, 0.6) is 5.75 Å². The Hall–Kier alpha value is -3.21. The van der Waals surface area contributed by atoms with Crippen LogP contribution in [-0.2, 0) is 11.8 Å². The van der Waals surface area contributed by atoms with E-state index in [1.54, 1.807) is 54.1 Å². The van der Waals surface area contributed by atoms with Gasteiger partial charge in [-0.15, -0.1) is 0 Å². The van der Waals surface area contributed by atoms with Crippen LogP contribution in [0.1, 0.15) is 38.9 Å². The Morgan fingerprint density at radius 3 is 2.33 bits per heavy atom. The highest BCUT2D eigenvalue weighted by atomic mass is 16.5. The number of benzene rings is 2. The quantitative estimate of drug-likeness (QED) is 0.400. The highest BCUT2D eigenvalue weighted by molar-refractivity contribution is 6.32. The highest BCUT2D eigenvalue weighted by Gasteiger charge is 2.34. The van der Waals surface area contributed by atoms with Crippen molar-refractivity contribution in [2.24, 2.45) is 7.05 Å². The molecule has 0 N–H and O–H groups in total. The summed E-state index contributed by atoms with van der Waals surface area (Å²) in [5.41, 5.74) is 2.30. The summed E-state index contributed by atoms with van der Waals surface area (Å²) in [4.78, 5) is 37.0. The second-order valence-electron chi connectivity index (χ2n) is 5.76. The highest BCUT2D eigenvalue weighted by Crippen LogP contribution is 2.35. The molecule has 24 heavy (non-hydrogen) atoms. The Labute approximate surface area is 137 Å². The third kappa shape index (κ3) is 1.84. The molecule has 0 aliphatic heterocycles. The van der Waals surface area contributed by atoms with E-state index in [4.69, 9.17) is 4.74 Å². The van der Waals surface area contributed by atoms with Gasteiger partial charge in [0.1, 0.15) is 11.4 Å². The number of ether oxygens (including phenoxy) is 1. The number of rotatable bonds is 1. The van der Waals surface area contributed by atoms with Crippen molar-refractivity contribution >= 4 is 28.4 Å². The van der Waals surface area contributed by atoms with Crippen LogP contribution in [0, 0.1) is 0 Å². The number of hydrogen-bond acceptors (Lipinski definition) is 4. The van der Waals surface area contributed by atoms with Gasteiger partial charge in [0, 0.05) is 36.0 Å². The lowest BCUT2D eigenvalue weighted by atomic mass is 9.87. The van der Waals surface area contributed by atoms with Gasteiger partial charge in [-0.2, -0.15) is 0 Å². The van der Waals surface area contributed by atoms with Crippen molar-refractivity contribution in [3.05, 3.63) is 64.8 Å². The van der Waals surface area contributed by atoms with Gasteiger partial charge in [0.25, 0.3) is 0 Å². The van der Waals surface area contributed by atoms with Crippen molar-refractivity contribution in [3.8, 4) is 5.75 Å². The van der Waals surface area contributed by atoms with Crippen LogP contribution < -0.4 is 4.74 Å². The lowest BCUT2D eigenvalue weighted by Gasteiger charge is -2.15. The molecule has 118 valence electrons. The molecule has 0 radical (unpaired) electrons. The molecular weight excluding hydrogens is 306 g/mol. The smallest absolute Gasteiger partial charge is 0.308 e. The molecule has 0 bridgehead atoms. The van der Waals surface area contributed by atoms with E-state index in [0.717, 1.165) is 5.52 Å². The van der Waals surface area contributed by atoms with Gasteiger partial charge in [-0.25, -0.2) is 0 Å². The van der Waals surface area contributed by atoms with Crippen LogP contribution in [0.15, 0.2) is 42.5 Å². The van der Waals surface area contributed by atoms with E-state index in [-0.39, 0.29) is 11.6 Å². The molecule has 0 atom stereocenters. The summed E-state index contributed by atoms with van der Waals surface area (Å²) in [6.45, 7) is 1.32. The number of aryl methyl sites for hydroxylation is 1. The van der Waals surface area contributed by atoms with Crippen LogP contribution in [-0.4, -0.2) is 22.1 Å². The topological polar surface area (TPSA) is 65.4 Å². The maximum Gasteiger partial charge on any atom is 0.308 e. The molecule has 3 aromatic rings. The van der Waals surface area contributed by atoms with Crippen LogP contribution in [0.2, 0.25) is 0 Å². The van der Waals surface area contributed by atoms with E-state index < -0.39 is 5.97 Å². The minimum absolute atomic E-state index is 0.173. The molecule has 2 aromatic carbocycles. The third-order valence-electron chi connectivity index (χ3n) is 4.29. The molecule has 0 unspecified atom stereocenters. The monoisotopic (exact) mass is 319 g/mol. The zero-order valence-electron chi connectivity index (χ0n) is 13.1. The van der Waals surface area contributed by atoms with Crippen molar-refractivity contribution in [2.75, 3.05) is 0 Å². The Balaban J connectivity index is 2.04. The normalized spacial score (nSPS) is 12.9. The van der Waals surface area contributed by atoms with E-state index >= 15 is 0 Å². The van der Waals surface area contributed by atoms with Gasteiger partial charge >= 0.3 is 5.97 Å². The average Bonchev–Trinajstić information content (AvgIpc) is 2.85. The molecular formula is C19H13NO4. The number of aromatic nitrogens is 1. The molecule has 1 aromatic heterocycles. The maximum atomic E-state index is 12.9. The Morgan fingerprint density at radius 1 is 1.00 bits per heavy atom. The van der Waals surface area contributed by atoms with Crippen LogP contribution in [0.25, 0.3) is 10.9 Å². The largest absolute Gasteiger partial charge is 0.427 e. The fraction of sp³-hybridized carbons (Fsp3) is 0.105. The lowest BCUT2D eigenvalue weighted by molar-refractivity contribution is -0.131. The fourth-order valence-corrected chi connectivity index (χ4v) is 3.29. The summed E-state index contributed by atoms with van der Waals surface area (Å²) in [7, 11) is 1.76. The summed E-state index contributed by atoms with van der Waals surface area (Å²) in [6, 6.07) is 11.8. The average molecular weight is 319 g/mol. The van der Waals surface area contributed by atoms with E-state index in [9.17, 15) is 14.4 Å². The number of carbonyl (C=O) groups excluding carboxylic acids is 3. The number of esters is 1. The first kappa shape index (κ1) is 14.4. The first-order valence-electron chi connectivity index (χ1n) is 7.48. The Morgan fingerprint density at radius 2 is 1.67 bits per heavy atom. The standard InChI is InChI=1S/C19H13NO4/c1-10(21)24-11-7-8-15-14(9-11)16-17(20(15)2)19(23)13-6-4-3-5-12(13)18(16)22/h3-9H,1-2H3. The number of hydrogen-bond donors (Lipinski definition) is 0. The molecule has 0 spiro atoms. The zero-order chi connectivity index (χ0) is 17.0. The molecule has 0 fully saturated rings. The summed E-state index contributed by atoms with van der Waals surface area (Å²) >= 11 is 0. The number of ketones is 2. The predicted molar refractivity (Wildman–Crippen MR) is 87.5 cm³/mol. The first-order valence-corrected chi connectivity index (χ1v) is 7.48. The van der Waals surface area contributed by atoms with Gasteiger partial charge < -0.3 is 9.30 Å². The number of fused-ring (bicyclic) bond motifs is 4. The number of nitrogens with zero attached hydrogens (tertiary/aromatic N) is 1. The van der Waals surface area contributed by atoms with Crippen molar-refractivity contribution in [2.45, 2.75) is 6.92 Å². The Bertz CT molecular complexity index is 1060. The Kier molecular flexibility index (Phi) is 2.93. The molecule has 0 saturated heterocycles. The van der Waals surface area contributed by atoms with Crippen molar-refractivity contribution < 1.29 is 19.1 Å². The van der Waals surface area contributed by atoms with Gasteiger partial charge in [0.05, 0.1) is 5.56 Å². The second kappa shape index (κ2) is 4.89. The molecule has 0 amide bonds. The minimum Gasteiger partial charge on any atom is -0.427 e. The van der Waals surface area contributed by atoms with Crippen LogP contribution in [0.3, 0.4) is 0 Å².